The Kier molecular flexibility index (Phi) is 5.11. The van der Waals surface area contributed by atoms with Crippen LogP contribution in [-0.2, 0) is 19.9 Å². The van der Waals surface area contributed by atoms with E-state index in [9.17, 15) is 0 Å². The predicted molar refractivity (Wildman–Crippen MR) is 87.3 cm³/mol. The number of hydrogen-bond donors (Lipinski definition) is 1. The lowest BCUT2D eigenvalue weighted by Crippen LogP contribution is -2.22. The van der Waals surface area contributed by atoms with Crippen LogP contribution in [0.1, 0.15) is 41.3 Å². The average molecular weight is 352 g/mol. The Morgan fingerprint density at radius 1 is 1.33 bits per heavy atom. The van der Waals surface area contributed by atoms with Gasteiger partial charge in [0.05, 0.1) is 27.2 Å². The first-order chi connectivity index (χ1) is 9.97. The second kappa shape index (κ2) is 6.66. The first-order valence-corrected chi connectivity index (χ1v) is 7.95. The van der Waals surface area contributed by atoms with Gasteiger partial charge in [-0.05, 0) is 54.9 Å². The maximum absolute atomic E-state index is 4.56. The van der Waals surface area contributed by atoms with E-state index in [1.165, 1.54) is 11.3 Å². The molecule has 0 aromatic carbocycles. The van der Waals surface area contributed by atoms with Crippen molar-refractivity contribution in [3.63, 3.8) is 0 Å². The Morgan fingerprint density at radius 3 is 2.62 bits per heavy atom. The second-order valence-corrected chi connectivity index (χ2v) is 6.05. The van der Waals surface area contributed by atoms with Gasteiger partial charge in [0.1, 0.15) is 0 Å². The van der Waals surface area contributed by atoms with Crippen LogP contribution in [0.5, 0.6) is 0 Å². The Morgan fingerprint density at radius 2 is 2.05 bits per heavy atom. The minimum absolute atomic E-state index is 0.190. The molecule has 0 fully saturated rings. The molecular weight excluding hydrogens is 330 g/mol. The molecule has 1 atom stereocenters. The number of nitrogens with one attached hydrogen (secondary N) is 1. The van der Waals surface area contributed by atoms with Gasteiger partial charge in [0.25, 0.3) is 0 Å². The van der Waals surface area contributed by atoms with Gasteiger partial charge in [-0.3, -0.25) is 4.68 Å². The Balaban J connectivity index is 2.36. The highest BCUT2D eigenvalue weighted by molar-refractivity contribution is 9.10. The number of hydrogen-bond acceptors (Lipinski definition) is 4. The van der Waals surface area contributed by atoms with Crippen molar-refractivity contribution >= 4 is 15.9 Å². The van der Waals surface area contributed by atoms with Gasteiger partial charge in [-0.2, -0.15) is 15.3 Å². The molecule has 0 bridgehead atoms. The SMILES string of the molecule is CCc1nn(C)c(CC(NC)c2cc(C)nnc2C)c1Br. The van der Waals surface area contributed by atoms with Crippen molar-refractivity contribution in [2.75, 3.05) is 7.05 Å². The fourth-order valence-electron chi connectivity index (χ4n) is 2.53. The fraction of sp³-hybridized carbons (Fsp3) is 0.533. The molecule has 2 rings (SSSR count). The summed E-state index contributed by atoms with van der Waals surface area (Å²) in [5.41, 5.74) is 5.39. The molecule has 114 valence electrons. The summed E-state index contributed by atoms with van der Waals surface area (Å²) in [5, 5.41) is 16.3. The van der Waals surface area contributed by atoms with Crippen LogP contribution in [0.3, 0.4) is 0 Å². The Labute approximate surface area is 134 Å². The van der Waals surface area contributed by atoms with Crippen LogP contribution < -0.4 is 5.32 Å². The van der Waals surface area contributed by atoms with Gasteiger partial charge in [0, 0.05) is 19.5 Å². The molecule has 0 aliphatic heterocycles. The van der Waals surface area contributed by atoms with Crippen molar-refractivity contribution in [2.45, 2.75) is 39.7 Å². The molecule has 0 radical (unpaired) electrons. The van der Waals surface area contributed by atoms with Crippen LogP contribution in [0.25, 0.3) is 0 Å². The highest BCUT2D eigenvalue weighted by atomic mass is 79.9. The van der Waals surface area contributed by atoms with E-state index in [0.717, 1.165) is 34.4 Å². The summed E-state index contributed by atoms with van der Waals surface area (Å²) < 4.78 is 3.08. The maximum atomic E-state index is 4.56. The van der Waals surface area contributed by atoms with Gasteiger partial charge >= 0.3 is 0 Å². The summed E-state index contributed by atoms with van der Waals surface area (Å²) in [6.45, 7) is 6.09. The highest BCUT2D eigenvalue weighted by Gasteiger charge is 2.20. The molecule has 2 heterocycles. The molecule has 1 N–H and O–H groups in total. The summed E-state index contributed by atoms with van der Waals surface area (Å²) in [6.07, 6.45) is 1.78. The molecule has 0 saturated carbocycles. The number of likely N-dealkylation sites (N-methyl/N-ethyl adjacent to an activating group) is 1. The first kappa shape index (κ1) is 16.1. The smallest absolute Gasteiger partial charge is 0.0766 e. The molecule has 0 amide bonds. The second-order valence-electron chi connectivity index (χ2n) is 5.26. The van der Waals surface area contributed by atoms with Gasteiger partial charge in [-0.15, -0.1) is 0 Å². The molecule has 0 aliphatic carbocycles. The van der Waals surface area contributed by atoms with Gasteiger partial charge in [0.2, 0.25) is 0 Å². The summed E-state index contributed by atoms with van der Waals surface area (Å²) >= 11 is 3.69. The number of aryl methyl sites for hydroxylation is 4. The summed E-state index contributed by atoms with van der Waals surface area (Å²) in [5.74, 6) is 0. The van der Waals surface area contributed by atoms with Gasteiger partial charge in [-0.25, -0.2) is 0 Å². The van der Waals surface area contributed by atoms with Crippen molar-refractivity contribution in [3.8, 4) is 0 Å². The lowest BCUT2D eigenvalue weighted by atomic mass is 10.0. The lowest BCUT2D eigenvalue weighted by molar-refractivity contribution is 0.553. The van der Waals surface area contributed by atoms with E-state index in [1.807, 2.05) is 32.6 Å². The standard InChI is InChI=1S/C15H22BrN5/c1-6-12-15(16)14(21(5)20-12)8-13(17-4)11-7-9(2)18-19-10(11)3/h7,13,17H,6,8H2,1-5H3. The molecule has 0 aliphatic rings. The zero-order valence-corrected chi connectivity index (χ0v) is 14.8. The molecule has 0 spiro atoms. The molecule has 6 heteroatoms. The highest BCUT2D eigenvalue weighted by Crippen LogP contribution is 2.27. The van der Waals surface area contributed by atoms with Crippen molar-refractivity contribution in [1.29, 1.82) is 0 Å². The minimum Gasteiger partial charge on any atom is -0.313 e. The van der Waals surface area contributed by atoms with Crippen molar-refractivity contribution < 1.29 is 0 Å². The fourth-order valence-corrected chi connectivity index (χ4v) is 3.30. The van der Waals surface area contributed by atoms with E-state index in [2.05, 4.69) is 49.5 Å². The summed E-state index contributed by atoms with van der Waals surface area (Å²) in [7, 11) is 3.97. The molecule has 1 unspecified atom stereocenters. The van der Waals surface area contributed by atoms with Crippen LogP contribution in [0, 0.1) is 13.8 Å². The van der Waals surface area contributed by atoms with E-state index < -0.39 is 0 Å². The third kappa shape index (κ3) is 3.32. The number of halogens is 1. The number of nitrogens with zero attached hydrogens (tertiary/aromatic N) is 4. The van der Waals surface area contributed by atoms with Crippen LogP contribution in [0.4, 0.5) is 0 Å². The first-order valence-electron chi connectivity index (χ1n) is 7.16. The normalized spacial score (nSPS) is 12.7. The third-order valence-electron chi connectivity index (χ3n) is 3.76. The van der Waals surface area contributed by atoms with Crippen LogP contribution in [0.2, 0.25) is 0 Å². The predicted octanol–water partition coefficient (Wildman–Crippen LogP) is 2.66. The van der Waals surface area contributed by atoms with Crippen LogP contribution in [0.15, 0.2) is 10.5 Å². The molecular formula is C15H22BrN5. The zero-order valence-electron chi connectivity index (χ0n) is 13.2. The van der Waals surface area contributed by atoms with Crippen molar-refractivity contribution in [1.82, 2.24) is 25.3 Å². The molecule has 21 heavy (non-hydrogen) atoms. The lowest BCUT2D eigenvalue weighted by Gasteiger charge is -2.19. The summed E-state index contributed by atoms with van der Waals surface area (Å²) in [4.78, 5) is 0. The Bertz CT molecular complexity index is 635. The van der Waals surface area contributed by atoms with Crippen molar-refractivity contribution in [2.24, 2.45) is 7.05 Å². The Hall–Kier alpha value is -1.27. The van der Waals surface area contributed by atoms with Crippen LogP contribution in [-0.4, -0.2) is 27.0 Å². The van der Waals surface area contributed by atoms with Gasteiger partial charge in [0.15, 0.2) is 0 Å². The average Bonchev–Trinajstić information content (AvgIpc) is 2.74. The molecule has 2 aromatic heterocycles. The van der Waals surface area contributed by atoms with E-state index in [-0.39, 0.29) is 6.04 Å². The van der Waals surface area contributed by atoms with E-state index in [4.69, 9.17) is 0 Å². The van der Waals surface area contributed by atoms with Gasteiger partial charge in [-0.1, -0.05) is 6.92 Å². The number of rotatable bonds is 5. The van der Waals surface area contributed by atoms with E-state index in [1.54, 1.807) is 0 Å². The number of aromatic nitrogens is 4. The maximum Gasteiger partial charge on any atom is 0.0766 e. The molecule has 5 nitrogen and oxygen atoms in total. The van der Waals surface area contributed by atoms with Crippen molar-refractivity contribution in [3.05, 3.63) is 38.9 Å². The topological polar surface area (TPSA) is 55.6 Å². The molecule has 2 aromatic rings. The van der Waals surface area contributed by atoms with Gasteiger partial charge < -0.3 is 5.32 Å². The summed E-state index contributed by atoms with van der Waals surface area (Å²) in [6, 6.07) is 2.30. The largest absolute Gasteiger partial charge is 0.313 e. The minimum atomic E-state index is 0.190. The van der Waals surface area contributed by atoms with E-state index in [0.29, 0.717) is 0 Å². The third-order valence-corrected chi connectivity index (χ3v) is 4.68. The zero-order chi connectivity index (χ0) is 15.6. The van der Waals surface area contributed by atoms with E-state index >= 15 is 0 Å². The van der Waals surface area contributed by atoms with Crippen LogP contribution >= 0.6 is 15.9 Å². The monoisotopic (exact) mass is 351 g/mol. The molecule has 0 saturated heterocycles. The quantitative estimate of drug-likeness (QED) is 0.899.